The molecule has 0 unspecified atom stereocenters. The third-order valence-electron chi connectivity index (χ3n) is 3.44. The summed E-state index contributed by atoms with van der Waals surface area (Å²) >= 11 is 0. The molecule has 17 heavy (non-hydrogen) atoms. The van der Waals surface area contributed by atoms with Crippen LogP contribution in [0.1, 0.15) is 31.4 Å². The van der Waals surface area contributed by atoms with E-state index in [1.54, 1.807) is 13.1 Å². The number of pyridine rings is 1. The average molecular weight is 236 g/mol. The highest BCUT2D eigenvalue weighted by Gasteiger charge is 2.22. The summed E-state index contributed by atoms with van der Waals surface area (Å²) < 4.78 is 0. The number of hydrogen-bond donors (Lipinski definition) is 2. The predicted molar refractivity (Wildman–Crippen MR) is 66.9 cm³/mol. The van der Waals surface area contributed by atoms with Crippen LogP contribution in [0.15, 0.2) is 18.3 Å². The van der Waals surface area contributed by atoms with Gasteiger partial charge in [0.15, 0.2) is 0 Å². The highest BCUT2D eigenvalue weighted by atomic mass is 16.3. The summed E-state index contributed by atoms with van der Waals surface area (Å²) in [5, 5.41) is 18.8. The van der Waals surface area contributed by atoms with Crippen molar-refractivity contribution < 1.29 is 10.2 Å². The molecule has 4 heteroatoms. The zero-order valence-corrected chi connectivity index (χ0v) is 10.2. The lowest BCUT2D eigenvalue weighted by atomic mass is 9.97. The van der Waals surface area contributed by atoms with Gasteiger partial charge in [0.1, 0.15) is 5.82 Å². The molecule has 1 aliphatic heterocycles. The molecule has 1 aromatic heterocycles. The molecule has 0 aromatic carbocycles. The van der Waals surface area contributed by atoms with Crippen molar-refractivity contribution in [2.45, 2.75) is 25.9 Å². The lowest BCUT2D eigenvalue weighted by Gasteiger charge is -2.33. The minimum Gasteiger partial charge on any atom is -0.396 e. The maximum absolute atomic E-state index is 9.73. The minimum absolute atomic E-state index is 0.277. The molecule has 94 valence electrons. The van der Waals surface area contributed by atoms with E-state index in [0.29, 0.717) is 5.92 Å². The van der Waals surface area contributed by atoms with Crippen LogP contribution in [0, 0.1) is 5.92 Å². The smallest absolute Gasteiger partial charge is 0.134 e. The summed E-state index contributed by atoms with van der Waals surface area (Å²) in [5.74, 6) is 1.31. The van der Waals surface area contributed by atoms with E-state index in [1.165, 1.54) is 0 Å². The summed E-state index contributed by atoms with van der Waals surface area (Å²) in [6, 6.07) is 3.77. The van der Waals surface area contributed by atoms with E-state index in [1.807, 2.05) is 12.1 Å². The highest BCUT2D eigenvalue weighted by molar-refractivity contribution is 5.48. The van der Waals surface area contributed by atoms with E-state index in [-0.39, 0.29) is 6.61 Å². The first-order valence-electron chi connectivity index (χ1n) is 6.21. The third kappa shape index (κ3) is 2.76. The molecule has 0 saturated carbocycles. The van der Waals surface area contributed by atoms with Gasteiger partial charge >= 0.3 is 0 Å². The van der Waals surface area contributed by atoms with E-state index < -0.39 is 6.10 Å². The van der Waals surface area contributed by atoms with Crippen LogP contribution in [0.5, 0.6) is 0 Å². The van der Waals surface area contributed by atoms with Crippen LogP contribution in [0.3, 0.4) is 0 Å². The molecule has 2 heterocycles. The molecule has 4 nitrogen and oxygen atoms in total. The van der Waals surface area contributed by atoms with Gasteiger partial charge in [-0.15, -0.1) is 0 Å². The molecule has 1 aromatic rings. The Bertz CT molecular complexity index is 360. The zero-order valence-electron chi connectivity index (χ0n) is 10.2. The summed E-state index contributed by atoms with van der Waals surface area (Å²) in [6.45, 7) is 3.85. The second kappa shape index (κ2) is 5.47. The molecule has 2 N–H and O–H groups in total. The fourth-order valence-electron chi connectivity index (χ4n) is 2.33. The monoisotopic (exact) mass is 236 g/mol. The molecular formula is C13H20N2O2. The SMILES string of the molecule is C[C@@H](O)c1cccnc1N1CCC(CO)CC1. The van der Waals surface area contributed by atoms with Crippen LogP contribution in [-0.4, -0.2) is 34.9 Å². The molecule has 0 aliphatic carbocycles. The number of aromatic nitrogens is 1. The minimum atomic E-state index is -0.491. The first kappa shape index (κ1) is 12.3. The molecule has 1 aliphatic rings. The van der Waals surface area contributed by atoms with Crippen LogP contribution in [0.25, 0.3) is 0 Å². The largest absolute Gasteiger partial charge is 0.396 e. The number of anilines is 1. The van der Waals surface area contributed by atoms with E-state index in [4.69, 9.17) is 5.11 Å². The van der Waals surface area contributed by atoms with Gasteiger partial charge in [-0.1, -0.05) is 6.07 Å². The van der Waals surface area contributed by atoms with Gasteiger partial charge < -0.3 is 15.1 Å². The Kier molecular flexibility index (Phi) is 3.97. The van der Waals surface area contributed by atoms with Gasteiger partial charge in [0, 0.05) is 31.5 Å². The third-order valence-corrected chi connectivity index (χ3v) is 3.44. The quantitative estimate of drug-likeness (QED) is 0.831. The molecule has 2 rings (SSSR count). The molecule has 1 atom stereocenters. The Morgan fingerprint density at radius 1 is 1.47 bits per heavy atom. The Balaban J connectivity index is 2.13. The van der Waals surface area contributed by atoms with Crippen molar-refractivity contribution in [1.82, 2.24) is 4.98 Å². The van der Waals surface area contributed by atoms with Gasteiger partial charge in [0.2, 0.25) is 0 Å². The number of hydrogen-bond acceptors (Lipinski definition) is 4. The van der Waals surface area contributed by atoms with Crippen molar-refractivity contribution in [3.05, 3.63) is 23.9 Å². The maximum atomic E-state index is 9.73. The fraction of sp³-hybridized carbons (Fsp3) is 0.615. The average Bonchev–Trinajstić information content (AvgIpc) is 2.39. The summed E-state index contributed by atoms with van der Waals surface area (Å²) in [6.07, 6.45) is 3.26. The van der Waals surface area contributed by atoms with Gasteiger partial charge in [0.25, 0.3) is 0 Å². The molecule has 0 bridgehead atoms. The molecule has 0 radical (unpaired) electrons. The number of aliphatic hydroxyl groups excluding tert-OH is 2. The topological polar surface area (TPSA) is 56.6 Å². The predicted octanol–water partition coefficient (Wildman–Crippen LogP) is 1.34. The highest BCUT2D eigenvalue weighted by Crippen LogP contribution is 2.27. The Hall–Kier alpha value is -1.13. The zero-order chi connectivity index (χ0) is 12.3. The van der Waals surface area contributed by atoms with Crippen molar-refractivity contribution in [2.24, 2.45) is 5.92 Å². The second-order valence-electron chi connectivity index (χ2n) is 4.71. The summed E-state index contributed by atoms with van der Waals surface area (Å²) in [5.41, 5.74) is 0.884. The number of rotatable bonds is 3. The first-order chi connectivity index (χ1) is 8.22. The lowest BCUT2D eigenvalue weighted by Crippen LogP contribution is -2.36. The number of aliphatic hydroxyl groups is 2. The molecule has 0 spiro atoms. The van der Waals surface area contributed by atoms with Crippen LogP contribution < -0.4 is 4.90 Å². The van der Waals surface area contributed by atoms with Gasteiger partial charge in [-0.2, -0.15) is 0 Å². The van der Waals surface area contributed by atoms with Crippen molar-refractivity contribution in [3.8, 4) is 0 Å². The second-order valence-corrected chi connectivity index (χ2v) is 4.71. The number of piperidine rings is 1. The number of nitrogens with zero attached hydrogens (tertiary/aromatic N) is 2. The van der Waals surface area contributed by atoms with Gasteiger partial charge in [0.05, 0.1) is 6.10 Å². The van der Waals surface area contributed by atoms with Gasteiger partial charge in [-0.05, 0) is 31.7 Å². The van der Waals surface area contributed by atoms with E-state index in [2.05, 4.69) is 9.88 Å². The lowest BCUT2D eigenvalue weighted by molar-refractivity contribution is 0.195. The normalized spacial score (nSPS) is 19.4. The Morgan fingerprint density at radius 3 is 2.76 bits per heavy atom. The van der Waals surface area contributed by atoms with Crippen molar-refractivity contribution in [2.75, 3.05) is 24.6 Å². The van der Waals surface area contributed by atoms with Gasteiger partial charge in [-0.25, -0.2) is 4.98 Å². The first-order valence-corrected chi connectivity index (χ1v) is 6.21. The summed E-state index contributed by atoms with van der Waals surface area (Å²) in [4.78, 5) is 6.58. The van der Waals surface area contributed by atoms with Crippen LogP contribution >= 0.6 is 0 Å². The van der Waals surface area contributed by atoms with Crippen LogP contribution in [0.4, 0.5) is 5.82 Å². The molecular weight excluding hydrogens is 216 g/mol. The van der Waals surface area contributed by atoms with Crippen molar-refractivity contribution in [3.63, 3.8) is 0 Å². The fourth-order valence-corrected chi connectivity index (χ4v) is 2.33. The standard InChI is InChI=1S/C13H20N2O2/c1-10(17)12-3-2-6-14-13(12)15-7-4-11(9-16)5-8-15/h2-3,6,10-11,16-17H,4-5,7-9H2,1H3/t10-/m1/s1. The van der Waals surface area contributed by atoms with Crippen LogP contribution in [-0.2, 0) is 0 Å². The maximum Gasteiger partial charge on any atom is 0.134 e. The van der Waals surface area contributed by atoms with Crippen LogP contribution in [0.2, 0.25) is 0 Å². The molecule has 1 saturated heterocycles. The van der Waals surface area contributed by atoms with E-state index in [9.17, 15) is 5.11 Å². The van der Waals surface area contributed by atoms with E-state index >= 15 is 0 Å². The summed E-state index contributed by atoms with van der Waals surface area (Å²) in [7, 11) is 0. The van der Waals surface area contributed by atoms with Gasteiger partial charge in [-0.3, -0.25) is 0 Å². The molecule has 0 amide bonds. The molecule has 1 fully saturated rings. The van der Waals surface area contributed by atoms with E-state index in [0.717, 1.165) is 37.3 Å². The van der Waals surface area contributed by atoms with Crippen molar-refractivity contribution in [1.29, 1.82) is 0 Å². The Morgan fingerprint density at radius 2 is 2.18 bits per heavy atom. The Labute approximate surface area is 102 Å². The van der Waals surface area contributed by atoms with Crippen molar-refractivity contribution >= 4 is 5.82 Å².